The molecule has 4 heterocycles. The molecule has 5 atom stereocenters. The molecule has 2 aromatic carbocycles. The van der Waals surface area contributed by atoms with Crippen molar-refractivity contribution in [3.63, 3.8) is 0 Å². The van der Waals surface area contributed by atoms with Crippen LogP contribution >= 0.6 is 0 Å². The average Bonchev–Trinajstić information content (AvgIpc) is 3.79. The first-order chi connectivity index (χ1) is 22.5. The van der Waals surface area contributed by atoms with E-state index >= 15 is 0 Å². The molecular weight excluding hydrogens is 602 g/mol. The third-order valence-electron chi connectivity index (χ3n) is 8.75. The lowest BCUT2D eigenvalue weighted by Crippen LogP contribution is -2.42. The Morgan fingerprint density at radius 3 is 2.32 bits per heavy atom. The third-order valence-corrected chi connectivity index (χ3v) is 8.75. The highest BCUT2D eigenvalue weighted by Crippen LogP contribution is 2.34. The number of amides is 1. The van der Waals surface area contributed by atoms with Crippen molar-refractivity contribution in [2.24, 2.45) is 0 Å². The number of ether oxygens (including phenoxy) is 2. The first-order valence-corrected chi connectivity index (χ1v) is 16.0. The zero-order valence-corrected chi connectivity index (χ0v) is 27.1. The Labute approximate surface area is 273 Å². The van der Waals surface area contributed by atoms with Gasteiger partial charge in [-0.25, -0.2) is 9.78 Å². The largest absolute Gasteiger partial charge is 0.444 e. The van der Waals surface area contributed by atoms with Gasteiger partial charge in [-0.15, -0.1) is 0 Å². The van der Waals surface area contributed by atoms with Crippen molar-refractivity contribution in [3.8, 4) is 0 Å². The zero-order chi connectivity index (χ0) is 33.3. The van der Waals surface area contributed by atoms with Gasteiger partial charge >= 0.3 is 6.09 Å². The Morgan fingerprint density at radius 1 is 1.06 bits per heavy atom. The molecule has 13 heteroatoms. The topological polar surface area (TPSA) is 158 Å². The van der Waals surface area contributed by atoms with Gasteiger partial charge in [0.05, 0.1) is 19.0 Å². The van der Waals surface area contributed by atoms with Crippen LogP contribution in [-0.2, 0) is 9.47 Å². The Balaban J connectivity index is 1.34. The second-order valence-electron chi connectivity index (χ2n) is 13.2. The van der Waals surface area contributed by atoms with Gasteiger partial charge in [-0.2, -0.15) is 9.97 Å². The van der Waals surface area contributed by atoms with Gasteiger partial charge in [0.25, 0.3) is 0 Å². The first kappa shape index (κ1) is 32.6. The molecule has 4 N–H and O–H groups in total. The summed E-state index contributed by atoms with van der Waals surface area (Å²) < 4.78 is 13.0. The Hall–Kier alpha value is -4.30. The number of hydrogen-bond donors (Lipinski definition) is 4. The van der Waals surface area contributed by atoms with Gasteiger partial charge in [0, 0.05) is 32.6 Å². The lowest BCUT2D eigenvalue weighted by molar-refractivity contribution is -0.0511. The Bertz CT molecular complexity index is 1620. The van der Waals surface area contributed by atoms with Crippen LogP contribution in [0.3, 0.4) is 0 Å². The number of carbonyl (C=O) groups is 1. The van der Waals surface area contributed by atoms with Gasteiger partial charge < -0.3 is 39.9 Å². The molecule has 1 amide bonds. The summed E-state index contributed by atoms with van der Waals surface area (Å²) in [6.45, 7) is 6.66. The van der Waals surface area contributed by atoms with Crippen molar-refractivity contribution in [1.82, 2.24) is 24.4 Å². The van der Waals surface area contributed by atoms with E-state index in [1.54, 1.807) is 16.5 Å². The molecule has 0 bridgehead atoms. The minimum atomic E-state index is -1.31. The number of nitrogens with zero attached hydrogens (tertiary/aromatic N) is 6. The fourth-order valence-electron chi connectivity index (χ4n) is 6.19. The van der Waals surface area contributed by atoms with E-state index in [9.17, 15) is 20.1 Å². The maximum Gasteiger partial charge on any atom is 0.410 e. The van der Waals surface area contributed by atoms with E-state index in [1.165, 1.54) is 6.33 Å². The number of nitrogens with one attached hydrogen (secondary N) is 1. The molecule has 47 heavy (non-hydrogen) atoms. The standard InChI is InChI=1S/C34H43N7O6/c1-34(2,3)47-33(45)39(4)23-15-16-40(18-23)32-37-29(35-17-24(21-11-7-5-8-12-21)22-13-9-6-10-14-22)26-30(38-32)41(20-36-26)31-28(44)27(43)25(19-42)46-31/h5-14,20,23-25,27-28,31,42-44H,15-19H2,1-4H3,(H,35,37,38)/t23?,25-,27-,28+,31-/m1/s1. The number of aliphatic hydroxyl groups excluding tert-OH is 3. The van der Waals surface area contributed by atoms with Crippen LogP contribution in [0.1, 0.15) is 50.5 Å². The number of anilines is 2. The third kappa shape index (κ3) is 6.89. The van der Waals surface area contributed by atoms with Gasteiger partial charge in [0.1, 0.15) is 23.9 Å². The smallest absolute Gasteiger partial charge is 0.410 e. The summed E-state index contributed by atoms with van der Waals surface area (Å²) in [4.78, 5) is 30.9. The second-order valence-corrected chi connectivity index (χ2v) is 13.2. The number of fused-ring (bicyclic) bond motifs is 1. The van der Waals surface area contributed by atoms with Crippen molar-refractivity contribution < 1.29 is 29.6 Å². The van der Waals surface area contributed by atoms with Gasteiger partial charge in [-0.05, 0) is 38.3 Å². The number of carbonyl (C=O) groups excluding carboxylic acids is 1. The van der Waals surface area contributed by atoms with Gasteiger partial charge in [-0.3, -0.25) is 4.57 Å². The molecule has 2 aliphatic heterocycles. The average molecular weight is 646 g/mol. The van der Waals surface area contributed by atoms with E-state index in [0.29, 0.717) is 49.0 Å². The van der Waals surface area contributed by atoms with Crippen LogP contribution in [-0.4, -0.2) is 109 Å². The van der Waals surface area contributed by atoms with Crippen molar-refractivity contribution in [2.45, 2.75) is 69.3 Å². The molecular formula is C34H43N7O6. The monoisotopic (exact) mass is 645 g/mol. The molecule has 2 saturated heterocycles. The highest BCUT2D eigenvalue weighted by molar-refractivity contribution is 5.84. The summed E-state index contributed by atoms with van der Waals surface area (Å²) in [5, 5.41) is 34.6. The quantitative estimate of drug-likeness (QED) is 0.212. The maximum atomic E-state index is 12.8. The fourth-order valence-corrected chi connectivity index (χ4v) is 6.19. The van der Waals surface area contributed by atoms with E-state index in [4.69, 9.17) is 19.4 Å². The molecule has 4 aromatic rings. The van der Waals surface area contributed by atoms with Crippen molar-refractivity contribution >= 4 is 29.0 Å². The predicted octanol–water partition coefficient (Wildman–Crippen LogP) is 3.13. The van der Waals surface area contributed by atoms with E-state index in [1.807, 2.05) is 62.1 Å². The maximum absolute atomic E-state index is 12.8. The zero-order valence-electron chi connectivity index (χ0n) is 27.1. The highest BCUT2D eigenvalue weighted by Gasteiger charge is 2.44. The van der Waals surface area contributed by atoms with Crippen LogP contribution in [0.5, 0.6) is 0 Å². The van der Waals surface area contributed by atoms with Crippen molar-refractivity contribution in [2.75, 3.05) is 43.5 Å². The summed E-state index contributed by atoms with van der Waals surface area (Å²) >= 11 is 0. The molecule has 0 aliphatic carbocycles. The molecule has 0 saturated carbocycles. The highest BCUT2D eigenvalue weighted by atomic mass is 16.6. The second kappa shape index (κ2) is 13.4. The van der Waals surface area contributed by atoms with Crippen LogP contribution in [0, 0.1) is 0 Å². The molecule has 2 fully saturated rings. The normalized spacial score (nSPS) is 23.1. The minimum absolute atomic E-state index is 0.00652. The van der Waals surface area contributed by atoms with Gasteiger partial charge in [0.15, 0.2) is 23.2 Å². The molecule has 0 spiro atoms. The molecule has 6 rings (SSSR count). The molecule has 13 nitrogen and oxygen atoms in total. The number of imidazole rings is 1. The Morgan fingerprint density at radius 2 is 1.72 bits per heavy atom. The summed E-state index contributed by atoms with van der Waals surface area (Å²) in [5.41, 5.74) is 2.53. The van der Waals surface area contributed by atoms with Crippen LogP contribution in [0.2, 0.25) is 0 Å². The summed E-state index contributed by atoms with van der Waals surface area (Å²) in [6, 6.07) is 20.3. The fraction of sp³-hybridized carbons (Fsp3) is 0.471. The van der Waals surface area contributed by atoms with Crippen LogP contribution in [0.4, 0.5) is 16.6 Å². The van der Waals surface area contributed by atoms with Crippen LogP contribution in [0.15, 0.2) is 67.0 Å². The number of hydrogen-bond acceptors (Lipinski definition) is 11. The number of rotatable bonds is 9. The number of aromatic nitrogens is 4. The van der Waals surface area contributed by atoms with Gasteiger partial charge in [-0.1, -0.05) is 60.7 Å². The summed E-state index contributed by atoms with van der Waals surface area (Å²) in [5.74, 6) is 0.924. The molecule has 250 valence electrons. The molecule has 0 radical (unpaired) electrons. The Kier molecular flexibility index (Phi) is 9.33. The minimum Gasteiger partial charge on any atom is -0.444 e. The lowest BCUT2D eigenvalue weighted by Gasteiger charge is -2.28. The number of likely N-dealkylation sites (N-methyl/N-ethyl adjacent to an activating group) is 1. The van der Waals surface area contributed by atoms with E-state index in [-0.39, 0.29) is 12.0 Å². The first-order valence-electron chi connectivity index (χ1n) is 16.0. The SMILES string of the molecule is CN(C(=O)OC(C)(C)C)C1CCN(c2nc(NCC(c3ccccc3)c3ccccc3)c3ncn([C@@H]4O[C@H](CO)[C@@H](O)[C@@H]4O)c3n2)C1. The molecule has 1 unspecified atom stereocenters. The summed E-state index contributed by atoms with van der Waals surface area (Å²) in [6.07, 6.45) is -2.75. The van der Waals surface area contributed by atoms with Crippen molar-refractivity contribution in [3.05, 3.63) is 78.1 Å². The van der Waals surface area contributed by atoms with E-state index in [2.05, 4.69) is 34.6 Å². The number of aliphatic hydroxyl groups is 3. The number of benzene rings is 2. The predicted molar refractivity (Wildman–Crippen MR) is 176 cm³/mol. The van der Waals surface area contributed by atoms with Crippen LogP contribution < -0.4 is 10.2 Å². The van der Waals surface area contributed by atoms with E-state index < -0.39 is 42.8 Å². The molecule has 2 aromatic heterocycles. The van der Waals surface area contributed by atoms with Crippen LogP contribution in [0.25, 0.3) is 11.2 Å². The van der Waals surface area contributed by atoms with E-state index in [0.717, 1.165) is 11.1 Å². The molecule has 2 aliphatic rings. The summed E-state index contributed by atoms with van der Waals surface area (Å²) in [7, 11) is 1.74. The van der Waals surface area contributed by atoms with Crippen molar-refractivity contribution in [1.29, 1.82) is 0 Å². The van der Waals surface area contributed by atoms with Gasteiger partial charge in [0.2, 0.25) is 5.95 Å². The lowest BCUT2D eigenvalue weighted by atomic mass is 9.91.